The Labute approximate surface area is 92.3 Å². The fourth-order valence-corrected chi connectivity index (χ4v) is 2.12. The van der Waals surface area contributed by atoms with Crippen LogP contribution in [-0.4, -0.2) is 34.8 Å². The molecule has 0 bridgehead atoms. The zero-order valence-corrected chi connectivity index (χ0v) is 10.7. The van der Waals surface area contributed by atoms with E-state index in [4.69, 9.17) is 9.16 Å². The summed E-state index contributed by atoms with van der Waals surface area (Å²) in [6.45, 7) is 8.18. The van der Waals surface area contributed by atoms with Gasteiger partial charge in [-0.15, -0.1) is 0 Å². The minimum absolute atomic E-state index is 0.000179. The van der Waals surface area contributed by atoms with E-state index in [1.165, 1.54) is 0 Å². The number of ether oxygens (including phenoxy) is 2. The monoisotopic (exact) mass is 232 g/mol. The van der Waals surface area contributed by atoms with E-state index in [2.05, 4.69) is 24.4 Å². The first-order chi connectivity index (χ1) is 7.02. The molecular weight excluding hydrogens is 212 g/mol. The van der Waals surface area contributed by atoms with E-state index in [9.17, 15) is 4.79 Å². The molecule has 88 valence electrons. The van der Waals surface area contributed by atoms with E-state index in [-0.39, 0.29) is 6.79 Å². The second-order valence-corrected chi connectivity index (χ2v) is 8.19. The van der Waals surface area contributed by atoms with Crippen LogP contribution in [0.5, 0.6) is 0 Å². The summed E-state index contributed by atoms with van der Waals surface area (Å²) in [7, 11) is 0.279. The van der Waals surface area contributed by atoms with E-state index in [0.717, 1.165) is 18.5 Å². The smallest absolute Gasteiger partial charge is 0.332 e. The lowest BCUT2D eigenvalue weighted by Crippen LogP contribution is -2.28. The van der Waals surface area contributed by atoms with E-state index in [1.54, 1.807) is 7.11 Å². The van der Waals surface area contributed by atoms with E-state index in [1.807, 2.05) is 0 Å². The topological polar surface area (TPSA) is 44.8 Å². The van der Waals surface area contributed by atoms with Crippen LogP contribution in [0, 0.1) is 0 Å². The van der Waals surface area contributed by atoms with Crippen molar-refractivity contribution < 1.29 is 18.7 Å². The molecular formula is C10H20O4Si. The predicted molar refractivity (Wildman–Crippen MR) is 61.0 cm³/mol. The van der Waals surface area contributed by atoms with Crippen molar-refractivity contribution in [3.63, 3.8) is 0 Å². The second kappa shape index (κ2) is 7.61. The Morgan fingerprint density at radius 2 is 2.13 bits per heavy atom. The minimum Gasteiger partial charge on any atom is -0.435 e. The molecule has 0 saturated heterocycles. The summed E-state index contributed by atoms with van der Waals surface area (Å²) in [5.74, 6) is -0.457. The summed E-state index contributed by atoms with van der Waals surface area (Å²) in [5.41, 5.74) is 0. The fraction of sp³-hybridized carbons (Fsp3) is 0.700. The summed E-state index contributed by atoms with van der Waals surface area (Å²) in [4.78, 5) is 10.6. The lowest BCUT2D eigenvalue weighted by molar-refractivity contribution is -0.150. The first kappa shape index (κ1) is 14.3. The van der Waals surface area contributed by atoms with Gasteiger partial charge in [-0.3, -0.25) is 0 Å². The Kier molecular flexibility index (Phi) is 7.28. The Morgan fingerprint density at radius 1 is 1.47 bits per heavy atom. The van der Waals surface area contributed by atoms with E-state index >= 15 is 0 Å². The Balaban J connectivity index is 3.32. The van der Waals surface area contributed by atoms with Crippen molar-refractivity contribution in [2.75, 3.05) is 20.5 Å². The van der Waals surface area contributed by atoms with Crippen LogP contribution >= 0.6 is 0 Å². The molecule has 4 nitrogen and oxygen atoms in total. The van der Waals surface area contributed by atoms with Crippen LogP contribution in [0.2, 0.25) is 19.1 Å². The lowest BCUT2D eigenvalue weighted by Gasteiger charge is -2.19. The summed E-state index contributed by atoms with van der Waals surface area (Å²) >= 11 is 0. The maximum Gasteiger partial charge on any atom is 0.332 e. The fourth-order valence-electron chi connectivity index (χ4n) is 0.920. The molecule has 0 heterocycles. The Bertz CT molecular complexity index is 204. The highest BCUT2D eigenvalue weighted by Gasteiger charge is 2.19. The highest BCUT2D eigenvalue weighted by Crippen LogP contribution is 2.11. The molecule has 0 aromatic rings. The van der Waals surface area contributed by atoms with Crippen LogP contribution in [-0.2, 0) is 18.7 Å². The van der Waals surface area contributed by atoms with Gasteiger partial charge in [0.1, 0.15) is 0 Å². The molecule has 0 N–H and O–H groups in total. The van der Waals surface area contributed by atoms with Gasteiger partial charge in [-0.2, -0.15) is 0 Å². The molecule has 15 heavy (non-hydrogen) atoms. The predicted octanol–water partition coefficient (Wildman–Crippen LogP) is 1.93. The second-order valence-electron chi connectivity index (χ2n) is 3.76. The third kappa shape index (κ3) is 8.35. The normalized spacial score (nSPS) is 11.1. The average Bonchev–Trinajstić information content (AvgIpc) is 2.22. The lowest BCUT2D eigenvalue weighted by atomic mass is 10.5. The van der Waals surface area contributed by atoms with Crippen molar-refractivity contribution in [3.8, 4) is 0 Å². The largest absolute Gasteiger partial charge is 0.435 e. The molecule has 0 fully saturated rings. The number of esters is 1. The number of carbonyl (C=O) groups is 1. The Morgan fingerprint density at radius 3 is 2.67 bits per heavy atom. The first-order valence-corrected chi connectivity index (χ1v) is 8.05. The van der Waals surface area contributed by atoms with Crippen LogP contribution < -0.4 is 0 Å². The minimum atomic E-state index is -1.47. The van der Waals surface area contributed by atoms with Gasteiger partial charge in [0.05, 0.1) is 6.61 Å². The van der Waals surface area contributed by atoms with Crippen molar-refractivity contribution >= 4 is 14.3 Å². The maximum absolute atomic E-state index is 10.6. The third-order valence-corrected chi connectivity index (χ3v) is 4.73. The number of hydrogen-bond acceptors (Lipinski definition) is 4. The molecule has 0 amide bonds. The van der Waals surface area contributed by atoms with Crippen LogP contribution in [0.15, 0.2) is 12.7 Å². The SMILES string of the molecule is C=CC(=O)OCOCCC[Si](C)(C)OC. The van der Waals surface area contributed by atoms with Gasteiger partial charge < -0.3 is 13.9 Å². The summed E-state index contributed by atoms with van der Waals surface area (Å²) in [6, 6.07) is 1.04. The summed E-state index contributed by atoms with van der Waals surface area (Å²) < 4.78 is 15.2. The van der Waals surface area contributed by atoms with Crippen molar-refractivity contribution in [3.05, 3.63) is 12.7 Å². The van der Waals surface area contributed by atoms with E-state index < -0.39 is 14.3 Å². The number of carbonyl (C=O) groups excluding carboxylic acids is 1. The van der Waals surface area contributed by atoms with Gasteiger partial charge >= 0.3 is 5.97 Å². The molecule has 0 rings (SSSR count). The van der Waals surface area contributed by atoms with Gasteiger partial charge in [0.25, 0.3) is 0 Å². The first-order valence-electron chi connectivity index (χ1n) is 4.94. The molecule has 0 aliphatic heterocycles. The van der Waals surface area contributed by atoms with Crippen molar-refractivity contribution in [1.82, 2.24) is 0 Å². The van der Waals surface area contributed by atoms with Gasteiger partial charge in [0.15, 0.2) is 15.1 Å². The highest BCUT2D eigenvalue weighted by atomic mass is 28.4. The van der Waals surface area contributed by atoms with Crippen molar-refractivity contribution in [2.45, 2.75) is 25.6 Å². The van der Waals surface area contributed by atoms with Gasteiger partial charge in [0, 0.05) is 13.2 Å². The van der Waals surface area contributed by atoms with Gasteiger partial charge in [-0.25, -0.2) is 4.79 Å². The molecule has 5 heteroatoms. The van der Waals surface area contributed by atoms with Crippen LogP contribution in [0.3, 0.4) is 0 Å². The van der Waals surface area contributed by atoms with Crippen molar-refractivity contribution in [1.29, 1.82) is 0 Å². The maximum atomic E-state index is 10.6. The highest BCUT2D eigenvalue weighted by molar-refractivity contribution is 6.71. The Hall–Kier alpha value is -0.653. The van der Waals surface area contributed by atoms with Crippen LogP contribution in [0.4, 0.5) is 0 Å². The van der Waals surface area contributed by atoms with Crippen LogP contribution in [0.1, 0.15) is 6.42 Å². The van der Waals surface area contributed by atoms with Crippen molar-refractivity contribution in [2.24, 2.45) is 0 Å². The van der Waals surface area contributed by atoms with Gasteiger partial charge in [-0.1, -0.05) is 6.58 Å². The molecule has 0 aromatic carbocycles. The number of hydrogen-bond donors (Lipinski definition) is 0. The standard InChI is InChI=1S/C10H20O4Si/c1-5-10(11)14-9-13-7-6-8-15(3,4)12-2/h5H,1,6-9H2,2-4H3. The van der Waals surface area contributed by atoms with Gasteiger partial charge in [-0.05, 0) is 25.6 Å². The zero-order valence-electron chi connectivity index (χ0n) is 9.75. The summed E-state index contributed by atoms with van der Waals surface area (Å²) in [5, 5.41) is 0. The number of rotatable bonds is 8. The molecule has 0 aliphatic rings. The molecule has 0 aliphatic carbocycles. The molecule has 0 atom stereocenters. The molecule has 0 saturated carbocycles. The third-order valence-electron chi connectivity index (χ3n) is 2.07. The molecule has 0 aromatic heterocycles. The average molecular weight is 232 g/mol. The quantitative estimate of drug-likeness (QED) is 0.211. The zero-order chi connectivity index (χ0) is 11.7. The van der Waals surface area contributed by atoms with Crippen LogP contribution in [0.25, 0.3) is 0 Å². The van der Waals surface area contributed by atoms with Gasteiger partial charge in [0.2, 0.25) is 0 Å². The van der Waals surface area contributed by atoms with E-state index in [0.29, 0.717) is 6.61 Å². The summed E-state index contributed by atoms with van der Waals surface area (Å²) in [6.07, 6.45) is 2.04. The molecule has 0 spiro atoms. The molecule has 0 unspecified atom stereocenters. The molecule has 0 radical (unpaired) electrons.